The van der Waals surface area contributed by atoms with Crippen molar-refractivity contribution in [1.82, 2.24) is 0 Å². The zero-order valence-corrected chi connectivity index (χ0v) is 10.9. The number of rotatable bonds is 3. The van der Waals surface area contributed by atoms with Crippen molar-refractivity contribution in [3.05, 3.63) is 41.4 Å². The summed E-state index contributed by atoms with van der Waals surface area (Å²) in [4.78, 5) is 11.3. The molecule has 2 aromatic carbocycles. The zero-order chi connectivity index (χ0) is 13.1. The number of carbonyl (C=O) groups is 1. The van der Waals surface area contributed by atoms with Crippen molar-refractivity contribution in [2.24, 2.45) is 0 Å². The van der Waals surface area contributed by atoms with Gasteiger partial charge in [0.25, 0.3) is 0 Å². The minimum atomic E-state index is -0.653. The summed E-state index contributed by atoms with van der Waals surface area (Å²) in [5.74, 6) is 0.210. The van der Waals surface area contributed by atoms with E-state index in [0.29, 0.717) is 10.8 Å². The lowest BCUT2D eigenvalue weighted by Crippen LogP contribution is -2.24. The Bertz CT molecular complexity index is 580. The normalized spacial score (nSPS) is 12.2. The van der Waals surface area contributed by atoms with Crippen LogP contribution >= 0.6 is 11.6 Å². The highest BCUT2D eigenvalue weighted by Gasteiger charge is 2.16. The molecule has 0 aliphatic rings. The van der Waals surface area contributed by atoms with E-state index in [1.165, 1.54) is 7.11 Å². The minimum Gasteiger partial charge on any atom is -0.478 e. The number of hydrogen-bond donors (Lipinski definition) is 0. The van der Waals surface area contributed by atoms with E-state index in [1.807, 2.05) is 24.3 Å². The number of benzene rings is 2. The largest absolute Gasteiger partial charge is 0.478 e. The van der Waals surface area contributed by atoms with Gasteiger partial charge in [0.1, 0.15) is 5.75 Å². The number of ether oxygens (including phenoxy) is 2. The first kappa shape index (κ1) is 12.7. The van der Waals surface area contributed by atoms with E-state index in [1.54, 1.807) is 19.1 Å². The van der Waals surface area contributed by atoms with Crippen molar-refractivity contribution in [2.45, 2.75) is 13.0 Å². The number of methoxy groups -OCH3 is 1. The van der Waals surface area contributed by atoms with Crippen LogP contribution in [-0.2, 0) is 9.53 Å². The van der Waals surface area contributed by atoms with Crippen LogP contribution < -0.4 is 4.74 Å². The maximum atomic E-state index is 11.3. The van der Waals surface area contributed by atoms with Gasteiger partial charge in [0.2, 0.25) is 0 Å². The average Bonchev–Trinajstić information content (AvgIpc) is 2.41. The van der Waals surface area contributed by atoms with E-state index >= 15 is 0 Å². The first-order chi connectivity index (χ1) is 8.63. The summed E-state index contributed by atoms with van der Waals surface area (Å²) in [6.45, 7) is 1.65. The Morgan fingerprint density at radius 1 is 1.17 bits per heavy atom. The molecule has 1 atom stereocenters. The molecule has 94 valence electrons. The molecule has 0 aromatic heterocycles. The molecule has 18 heavy (non-hydrogen) atoms. The molecule has 0 spiro atoms. The highest BCUT2D eigenvalue weighted by Crippen LogP contribution is 2.31. The minimum absolute atomic E-state index is 0.408. The lowest BCUT2D eigenvalue weighted by molar-refractivity contribution is -0.147. The average molecular weight is 265 g/mol. The third kappa shape index (κ3) is 2.41. The van der Waals surface area contributed by atoms with Crippen LogP contribution in [0.25, 0.3) is 10.8 Å². The number of esters is 1. The fourth-order valence-electron chi connectivity index (χ4n) is 1.74. The predicted molar refractivity (Wildman–Crippen MR) is 71.1 cm³/mol. The van der Waals surface area contributed by atoms with Crippen LogP contribution in [0.5, 0.6) is 5.75 Å². The summed E-state index contributed by atoms with van der Waals surface area (Å²) < 4.78 is 10.2. The first-order valence-corrected chi connectivity index (χ1v) is 5.93. The van der Waals surface area contributed by atoms with E-state index in [4.69, 9.17) is 16.3 Å². The summed E-state index contributed by atoms with van der Waals surface area (Å²) in [7, 11) is 1.34. The maximum absolute atomic E-state index is 11.3. The predicted octanol–water partition coefficient (Wildman–Crippen LogP) is 3.43. The molecule has 0 aliphatic carbocycles. The number of hydrogen-bond acceptors (Lipinski definition) is 3. The van der Waals surface area contributed by atoms with Crippen molar-refractivity contribution in [3.63, 3.8) is 0 Å². The molecular weight excluding hydrogens is 252 g/mol. The molecule has 0 heterocycles. The second kappa shape index (κ2) is 5.27. The Balaban J connectivity index is 2.40. The third-order valence-corrected chi connectivity index (χ3v) is 3.00. The molecule has 4 heteroatoms. The van der Waals surface area contributed by atoms with Gasteiger partial charge < -0.3 is 9.47 Å². The van der Waals surface area contributed by atoms with Crippen LogP contribution in [0.15, 0.2) is 36.4 Å². The van der Waals surface area contributed by atoms with E-state index < -0.39 is 12.1 Å². The van der Waals surface area contributed by atoms with E-state index in [0.717, 1.165) is 10.8 Å². The van der Waals surface area contributed by atoms with Crippen LogP contribution in [0.2, 0.25) is 5.02 Å². The van der Waals surface area contributed by atoms with E-state index in [9.17, 15) is 4.79 Å². The van der Waals surface area contributed by atoms with Gasteiger partial charge in [-0.25, -0.2) is 4.79 Å². The van der Waals surface area contributed by atoms with E-state index in [2.05, 4.69) is 4.74 Å². The molecule has 0 radical (unpaired) electrons. The fraction of sp³-hybridized carbons (Fsp3) is 0.214. The van der Waals surface area contributed by atoms with Crippen LogP contribution in [0.3, 0.4) is 0 Å². The molecule has 3 nitrogen and oxygen atoms in total. The van der Waals surface area contributed by atoms with Crippen molar-refractivity contribution < 1.29 is 14.3 Å². The molecule has 0 aliphatic heterocycles. The van der Waals surface area contributed by atoms with Gasteiger partial charge in [0.05, 0.1) is 7.11 Å². The molecule has 0 saturated heterocycles. The lowest BCUT2D eigenvalue weighted by atomic mass is 10.1. The van der Waals surface area contributed by atoms with Crippen molar-refractivity contribution in [3.8, 4) is 5.75 Å². The van der Waals surface area contributed by atoms with Crippen molar-refractivity contribution >= 4 is 28.3 Å². The number of carbonyl (C=O) groups excluding carboxylic acids is 1. The number of fused-ring (bicyclic) bond motifs is 1. The second-order valence-electron chi connectivity index (χ2n) is 3.87. The number of halogens is 1. The topological polar surface area (TPSA) is 35.5 Å². The molecule has 0 amide bonds. The van der Waals surface area contributed by atoms with Crippen LogP contribution in [0.4, 0.5) is 0 Å². The Labute approximate surface area is 110 Å². The summed E-state index contributed by atoms with van der Waals surface area (Å²) in [6, 6.07) is 11.1. The van der Waals surface area contributed by atoms with Gasteiger partial charge in [-0.1, -0.05) is 35.9 Å². The Kier molecular flexibility index (Phi) is 3.72. The molecule has 0 bridgehead atoms. The molecule has 0 fully saturated rings. The fourth-order valence-corrected chi connectivity index (χ4v) is 1.97. The van der Waals surface area contributed by atoms with Crippen LogP contribution in [-0.4, -0.2) is 19.2 Å². The standard InChI is InChI=1S/C14H13ClO3/c1-9(14(16)17-2)18-13-8-7-12(15)10-5-3-4-6-11(10)13/h3-9H,1-2H3. The van der Waals surface area contributed by atoms with Gasteiger partial charge in [-0.15, -0.1) is 0 Å². The highest BCUT2D eigenvalue weighted by atomic mass is 35.5. The summed E-state index contributed by atoms with van der Waals surface area (Å²) in [5.41, 5.74) is 0. The molecule has 2 aromatic rings. The van der Waals surface area contributed by atoms with Crippen LogP contribution in [0.1, 0.15) is 6.92 Å². The van der Waals surface area contributed by atoms with Crippen LogP contribution in [0, 0.1) is 0 Å². The lowest BCUT2D eigenvalue weighted by Gasteiger charge is -2.14. The summed E-state index contributed by atoms with van der Waals surface area (Å²) in [5, 5.41) is 2.43. The Hall–Kier alpha value is -1.74. The molecular formula is C14H13ClO3. The zero-order valence-electron chi connectivity index (χ0n) is 10.1. The Morgan fingerprint density at radius 2 is 1.83 bits per heavy atom. The molecule has 0 N–H and O–H groups in total. The Morgan fingerprint density at radius 3 is 2.50 bits per heavy atom. The maximum Gasteiger partial charge on any atom is 0.346 e. The molecule has 1 unspecified atom stereocenters. The third-order valence-electron chi connectivity index (χ3n) is 2.67. The van der Waals surface area contributed by atoms with Crippen molar-refractivity contribution in [1.29, 1.82) is 0 Å². The molecule has 2 rings (SSSR count). The summed E-state index contributed by atoms with van der Waals surface area (Å²) >= 11 is 6.11. The van der Waals surface area contributed by atoms with Gasteiger partial charge in [-0.3, -0.25) is 0 Å². The summed E-state index contributed by atoms with van der Waals surface area (Å²) in [6.07, 6.45) is -0.653. The van der Waals surface area contributed by atoms with Gasteiger partial charge in [-0.05, 0) is 19.1 Å². The smallest absolute Gasteiger partial charge is 0.346 e. The first-order valence-electron chi connectivity index (χ1n) is 5.55. The van der Waals surface area contributed by atoms with E-state index in [-0.39, 0.29) is 0 Å². The second-order valence-corrected chi connectivity index (χ2v) is 4.28. The quantitative estimate of drug-likeness (QED) is 0.797. The van der Waals surface area contributed by atoms with Crippen molar-refractivity contribution in [2.75, 3.05) is 7.11 Å². The SMILES string of the molecule is COC(=O)C(C)Oc1ccc(Cl)c2ccccc12. The van der Waals surface area contributed by atoms with Gasteiger partial charge >= 0.3 is 5.97 Å². The van der Waals surface area contributed by atoms with Gasteiger partial charge in [-0.2, -0.15) is 0 Å². The van der Waals surface area contributed by atoms with Gasteiger partial charge in [0.15, 0.2) is 6.10 Å². The monoisotopic (exact) mass is 264 g/mol. The van der Waals surface area contributed by atoms with Gasteiger partial charge in [0, 0.05) is 15.8 Å². The molecule has 0 saturated carbocycles. The highest BCUT2D eigenvalue weighted by molar-refractivity contribution is 6.35.